The van der Waals surface area contributed by atoms with E-state index in [2.05, 4.69) is 17.3 Å². The number of aromatic nitrogens is 1. The number of nitrogens with zero attached hydrogens (tertiary/aromatic N) is 2. The smallest absolute Gasteiger partial charge is 0.177 e. The van der Waals surface area contributed by atoms with Gasteiger partial charge in [0.25, 0.3) is 0 Å². The van der Waals surface area contributed by atoms with Gasteiger partial charge < -0.3 is 9.42 Å². The van der Waals surface area contributed by atoms with E-state index in [0.29, 0.717) is 0 Å². The van der Waals surface area contributed by atoms with Crippen LogP contribution in [0.3, 0.4) is 0 Å². The lowest BCUT2D eigenvalue weighted by molar-refractivity contribution is 0.421. The summed E-state index contributed by atoms with van der Waals surface area (Å²) in [6, 6.07) is 22.0. The van der Waals surface area contributed by atoms with Crippen LogP contribution >= 0.6 is 0 Å². The van der Waals surface area contributed by atoms with Gasteiger partial charge in [0.2, 0.25) is 0 Å². The molecule has 1 aromatic heterocycles. The maximum Gasteiger partial charge on any atom is 0.177 e. The van der Waals surface area contributed by atoms with Crippen LogP contribution in [0.1, 0.15) is 5.56 Å². The zero-order valence-corrected chi connectivity index (χ0v) is 10.3. The molecular formula is C16H13N2O. The summed E-state index contributed by atoms with van der Waals surface area (Å²) in [5.74, 6) is 0.759. The van der Waals surface area contributed by atoms with Gasteiger partial charge in [0.05, 0.1) is 6.54 Å². The molecule has 0 aliphatic rings. The van der Waals surface area contributed by atoms with Gasteiger partial charge in [0, 0.05) is 11.8 Å². The van der Waals surface area contributed by atoms with E-state index in [0.717, 1.165) is 17.1 Å². The average molecular weight is 249 g/mol. The molecule has 3 nitrogen and oxygen atoms in total. The van der Waals surface area contributed by atoms with Gasteiger partial charge >= 0.3 is 0 Å². The van der Waals surface area contributed by atoms with Gasteiger partial charge in [-0.1, -0.05) is 53.7 Å². The summed E-state index contributed by atoms with van der Waals surface area (Å²) >= 11 is 0. The van der Waals surface area contributed by atoms with Gasteiger partial charge in [-0.25, -0.2) is 0 Å². The third-order valence-corrected chi connectivity index (χ3v) is 2.78. The summed E-state index contributed by atoms with van der Waals surface area (Å²) in [5, 5.41) is 4.01. The second kappa shape index (κ2) is 5.40. The van der Waals surface area contributed by atoms with Crippen LogP contribution in [0.25, 0.3) is 0 Å². The molecule has 3 rings (SSSR count). The fourth-order valence-corrected chi connectivity index (χ4v) is 1.88. The molecule has 3 heteroatoms. The highest BCUT2D eigenvalue weighted by Gasteiger charge is 2.12. The Morgan fingerprint density at radius 3 is 2.16 bits per heavy atom. The molecule has 0 aliphatic heterocycles. The predicted octanol–water partition coefficient (Wildman–Crippen LogP) is 4.02. The van der Waals surface area contributed by atoms with Crippen LogP contribution in [0.2, 0.25) is 0 Å². The van der Waals surface area contributed by atoms with Gasteiger partial charge in [-0.15, -0.1) is 0 Å². The lowest BCUT2D eigenvalue weighted by atomic mass is 10.2. The molecule has 0 N–H and O–H groups in total. The SMILES string of the molecule is [CH](c1ccccc1)N(c1ccccc1)c1ccon1. The summed E-state index contributed by atoms with van der Waals surface area (Å²) in [7, 11) is 0. The summed E-state index contributed by atoms with van der Waals surface area (Å²) in [5.41, 5.74) is 2.15. The summed E-state index contributed by atoms with van der Waals surface area (Å²) < 4.78 is 4.94. The third kappa shape index (κ3) is 2.65. The van der Waals surface area contributed by atoms with Gasteiger partial charge in [0.15, 0.2) is 5.82 Å². The van der Waals surface area contributed by atoms with Crippen LogP contribution in [0.4, 0.5) is 11.5 Å². The van der Waals surface area contributed by atoms with E-state index in [4.69, 9.17) is 4.52 Å². The standard InChI is InChI=1S/C16H13N2O/c1-3-7-14(8-4-1)13-18(16-11-12-19-17-16)15-9-5-2-6-10-15/h1-13H. The summed E-state index contributed by atoms with van der Waals surface area (Å²) in [4.78, 5) is 2.00. The van der Waals surface area contributed by atoms with Gasteiger partial charge in [-0.2, -0.15) is 0 Å². The summed E-state index contributed by atoms with van der Waals surface area (Å²) in [6.45, 7) is 2.03. The second-order valence-corrected chi connectivity index (χ2v) is 4.10. The van der Waals surface area contributed by atoms with E-state index in [1.807, 2.05) is 66.0 Å². The Morgan fingerprint density at radius 2 is 1.53 bits per heavy atom. The van der Waals surface area contributed by atoms with Crippen molar-refractivity contribution in [2.45, 2.75) is 0 Å². The first-order chi connectivity index (χ1) is 9.43. The van der Waals surface area contributed by atoms with E-state index < -0.39 is 0 Å². The van der Waals surface area contributed by atoms with Crippen molar-refractivity contribution in [1.82, 2.24) is 5.16 Å². The number of rotatable bonds is 4. The first-order valence-electron chi connectivity index (χ1n) is 6.08. The van der Waals surface area contributed by atoms with E-state index in [1.54, 1.807) is 6.26 Å². The first kappa shape index (κ1) is 11.5. The highest BCUT2D eigenvalue weighted by Crippen LogP contribution is 2.26. The molecule has 0 bridgehead atoms. The van der Waals surface area contributed by atoms with Gasteiger partial charge in [-0.05, 0) is 17.7 Å². The molecule has 19 heavy (non-hydrogen) atoms. The second-order valence-electron chi connectivity index (χ2n) is 4.10. The molecule has 3 aromatic rings. The van der Waals surface area contributed by atoms with E-state index in [-0.39, 0.29) is 0 Å². The van der Waals surface area contributed by atoms with Crippen molar-refractivity contribution in [1.29, 1.82) is 0 Å². The molecule has 0 atom stereocenters. The minimum atomic E-state index is 0.759. The van der Waals surface area contributed by atoms with Crippen LogP contribution < -0.4 is 4.90 Å². The molecule has 2 aromatic carbocycles. The Labute approximate surface area is 112 Å². The van der Waals surface area contributed by atoms with E-state index in [9.17, 15) is 0 Å². The molecule has 1 heterocycles. The van der Waals surface area contributed by atoms with Crippen LogP contribution in [0, 0.1) is 6.54 Å². The molecule has 0 fully saturated rings. The Bertz CT molecular complexity index is 606. The molecule has 0 saturated carbocycles. The van der Waals surface area contributed by atoms with Crippen molar-refractivity contribution in [2.24, 2.45) is 0 Å². The maximum absolute atomic E-state index is 4.94. The van der Waals surface area contributed by atoms with Crippen molar-refractivity contribution < 1.29 is 4.52 Å². The lowest BCUT2D eigenvalue weighted by Gasteiger charge is -2.21. The fraction of sp³-hybridized carbons (Fsp3) is 0. The number of hydrogen-bond acceptors (Lipinski definition) is 3. The molecule has 1 radical (unpaired) electrons. The molecule has 0 aliphatic carbocycles. The zero-order chi connectivity index (χ0) is 12.9. The molecule has 93 valence electrons. The quantitative estimate of drug-likeness (QED) is 0.699. The number of hydrogen-bond donors (Lipinski definition) is 0. The minimum Gasteiger partial charge on any atom is -0.363 e. The van der Waals surface area contributed by atoms with E-state index >= 15 is 0 Å². The van der Waals surface area contributed by atoms with Crippen molar-refractivity contribution in [3.05, 3.63) is 85.1 Å². The number of anilines is 2. The topological polar surface area (TPSA) is 29.3 Å². The van der Waals surface area contributed by atoms with Crippen LogP contribution in [-0.4, -0.2) is 5.16 Å². The average Bonchev–Trinajstić information content (AvgIpc) is 3.01. The minimum absolute atomic E-state index is 0.759. The van der Waals surface area contributed by atoms with Gasteiger partial charge in [-0.3, -0.25) is 0 Å². The lowest BCUT2D eigenvalue weighted by Crippen LogP contribution is -2.14. The maximum atomic E-state index is 4.94. The van der Waals surface area contributed by atoms with Crippen molar-refractivity contribution in [3.63, 3.8) is 0 Å². The molecule has 0 amide bonds. The van der Waals surface area contributed by atoms with E-state index in [1.165, 1.54) is 0 Å². The largest absolute Gasteiger partial charge is 0.363 e. The predicted molar refractivity (Wildman–Crippen MR) is 74.9 cm³/mol. The molecular weight excluding hydrogens is 236 g/mol. The number of benzene rings is 2. The van der Waals surface area contributed by atoms with Crippen LogP contribution in [-0.2, 0) is 0 Å². The van der Waals surface area contributed by atoms with Crippen molar-refractivity contribution in [2.75, 3.05) is 4.90 Å². The number of para-hydroxylation sites is 1. The van der Waals surface area contributed by atoms with Crippen LogP contribution in [0.5, 0.6) is 0 Å². The highest BCUT2D eigenvalue weighted by atomic mass is 16.5. The monoisotopic (exact) mass is 249 g/mol. The Balaban J connectivity index is 1.94. The van der Waals surface area contributed by atoms with Gasteiger partial charge in [0.1, 0.15) is 6.26 Å². The highest BCUT2D eigenvalue weighted by molar-refractivity contribution is 5.63. The molecule has 0 spiro atoms. The Morgan fingerprint density at radius 1 is 0.842 bits per heavy atom. The zero-order valence-electron chi connectivity index (χ0n) is 10.3. The Hall–Kier alpha value is -2.55. The molecule has 0 unspecified atom stereocenters. The third-order valence-electron chi connectivity index (χ3n) is 2.78. The molecule has 0 saturated heterocycles. The fourth-order valence-electron chi connectivity index (χ4n) is 1.88. The normalized spacial score (nSPS) is 10.3. The summed E-state index contributed by atoms with van der Waals surface area (Å²) in [6.07, 6.45) is 1.57. The van der Waals surface area contributed by atoms with Crippen molar-refractivity contribution in [3.8, 4) is 0 Å². The van der Waals surface area contributed by atoms with Crippen LogP contribution in [0.15, 0.2) is 77.5 Å². The first-order valence-corrected chi connectivity index (χ1v) is 6.08. The van der Waals surface area contributed by atoms with Crippen molar-refractivity contribution >= 4 is 11.5 Å². The Kier molecular flexibility index (Phi) is 3.28.